The van der Waals surface area contributed by atoms with E-state index in [4.69, 9.17) is 0 Å². The number of azo groups is 1. The number of nitrogens with zero attached hydrogens (tertiary/aromatic N) is 3. The van der Waals surface area contributed by atoms with Gasteiger partial charge in [-0.05, 0) is 77.9 Å². The number of phenolic OH excluding ortho intramolecular Hbond substituents is 1. The lowest BCUT2D eigenvalue weighted by atomic mass is 10.0. The number of halogens is 3. The average molecular weight is 562 g/mol. The number of benzene rings is 4. The van der Waals surface area contributed by atoms with Gasteiger partial charge in [-0.1, -0.05) is 30.3 Å². The van der Waals surface area contributed by atoms with Crippen molar-refractivity contribution in [2.75, 3.05) is 0 Å². The van der Waals surface area contributed by atoms with Crippen molar-refractivity contribution in [3.8, 4) is 28.4 Å². The molecule has 0 aliphatic carbocycles. The molecule has 0 aliphatic heterocycles. The number of carboxylic acids is 1. The second kappa shape index (κ2) is 10.0. The normalized spacial score (nSPS) is 12.2. The Morgan fingerprint density at radius 1 is 0.927 bits per heavy atom. The minimum atomic E-state index is -4.66. The number of fused-ring (bicyclic) bond motifs is 1. The first-order valence-corrected chi connectivity index (χ1v) is 12.2. The van der Waals surface area contributed by atoms with Gasteiger partial charge in [0.25, 0.3) is 5.69 Å². The maximum absolute atomic E-state index is 13.6. The summed E-state index contributed by atoms with van der Waals surface area (Å²) in [6.07, 6.45) is -4.66. The van der Waals surface area contributed by atoms with Crippen molar-refractivity contribution in [2.24, 2.45) is 5.11 Å². The Bertz CT molecular complexity index is 1860. The van der Waals surface area contributed by atoms with E-state index in [9.17, 15) is 38.5 Å². The number of hydrogen-bond donors (Lipinski definition) is 3. The standard InChI is InChI=1S/C30H22F3N3O5/c1-16-11-17(2)13-21(12-16)35-25-15-20(30(31,32)33)9-10-23(25)26(28(35)38)34-36(41)24-8-4-7-22(27(24)37)18-5-3-6-19(14-18)29(39)40/h3-15,37-38H,1-2H3,(H,39,40). The number of rotatable bonds is 5. The van der Waals surface area contributed by atoms with Crippen molar-refractivity contribution in [1.82, 2.24) is 4.57 Å². The number of carbonyl (C=O) groups is 1. The van der Waals surface area contributed by atoms with Gasteiger partial charge in [-0.25, -0.2) is 4.79 Å². The lowest BCUT2D eigenvalue weighted by molar-refractivity contribution is -0.436. The number of aryl methyl sites for hydroxylation is 2. The molecular weight excluding hydrogens is 539 g/mol. The van der Waals surface area contributed by atoms with Crippen LogP contribution in [0.4, 0.5) is 24.5 Å². The van der Waals surface area contributed by atoms with Crippen molar-refractivity contribution in [3.63, 3.8) is 0 Å². The highest BCUT2D eigenvalue weighted by Gasteiger charge is 2.32. The molecule has 208 valence electrons. The Hall–Kier alpha value is -5.32. The lowest BCUT2D eigenvalue weighted by Crippen LogP contribution is -2.05. The molecule has 0 radical (unpaired) electrons. The Balaban J connectivity index is 1.71. The van der Waals surface area contributed by atoms with Gasteiger partial charge in [0.2, 0.25) is 11.6 Å². The third-order valence-corrected chi connectivity index (χ3v) is 6.54. The maximum atomic E-state index is 13.6. The smallest absolute Gasteiger partial charge is 0.416 e. The number of para-hydroxylation sites is 1. The zero-order valence-electron chi connectivity index (χ0n) is 21.6. The topological polar surface area (TPSA) is 121 Å². The molecule has 0 amide bonds. The summed E-state index contributed by atoms with van der Waals surface area (Å²) in [6, 6.07) is 18.0. The Labute approximate surface area is 231 Å². The Kier molecular flexibility index (Phi) is 6.66. The lowest BCUT2D eigenvalue weighted by Gasteiger charge is -2.11. The van der Waals surface area contributed by atoms with Crippen LogP contribution < -0.4 is 0 Å². The van der Waals surface area contributed by atoms with E-state index >= 15 is 0 Å². The van der Waals surface area contributed by atoms with Gasteiger partial charge < -0.3 is 20.5 Å². The predicted molar refractivity (Wildman–Crippen MR) is 145 cm³/mol. The zero-order chi connectivity index (χ0) is 29.6. The van der Waals surface area contributed by atoms with Crippen LogP contribution in [0.5, 0.6) is 11.6 Å². The third kappa shape index (κ3) is 5.05. The van der Waals surface area contributed by atoms with Gasteiger partial charge in [-0.3, -0.25) is 4.57 Å². The Morgan fingerprint density at radius 2 is 1.61 bits per heavy atom. The van der Waals surface area contributed by atoms with E-state index in [1.165, 1.54) is 41.0 Å². The number of carboxylic acid groups (broad SMARTS) is 1. The number of phenols is 1. The van der Waals surface area contributed by atoms with Gasteiger partial charge in [0.1, 0.15) is 0 Å². The minimum Gasteiger partial charge on any atom is -0.594 e. The second-order valence-electron chi connectivity index (χ2n) is 9.52. The number of aromatic carboxylic acids is 1. The van der Waals surface area contributed by atoms with E-state index < -0.39 is 29.3 Å². The fourth-order valence-electron chi connectivity index (χ4n) is 4.76. The summed E-state index contributed by atoms with van der Waals surface area (Å²) in [4.78, 5) is 11.4. The molecule has 0 fully saturated rings. The molecule has 1 heterocycles. The van der Waals surface area contributed by atoms with E-state index in [0.717, 1.165) is 29.3 Å². The van der Waals surface area contributed by atoms with Gasteiger partial charge in [-0.2, -0.15) is 13.2 Å². The van der Waals surface area contributed by atoms with Crippen LogP contribution in [0.3, 0.4) is 0 Å². The summed E-state index contributed by atoms with van der Waals surface area (Å²) in [5.41, 5.74) is 0.791. The molecule has 0 unspecified atom stereocenters. The van der Waals surface area contributed by atoms with Gasteiger partial charge in [0.15, 0.2) is 5.75 Å². The first kappa shape index (κ1) is 27.3. The van der Waals surface area contributed by atoms with Crippen molar-refractivity contribution in [1.29, 1.82) is 0 Å². The van der Waals surface area contributed by atoms with Crippen LogP contribution in [-0.4, -0.2) is 30.7 Å². The molecule has 0 saturated carbocycles. The molecule has 0 spiro atoms. The van der Waals surface area contributed by atoms with Crippen LogP contribution in [-0.2, 0) is 6.18 Å². The fourth-order valence-corrected chi connectivity index (χ4v) is 4.76. The van der Waals surface area contributed by atoms with E-state index in [-0.39, 0.29) is 38.3 Å². The molecule has 1 aromatic heterocycles. The first-order valence-electron chi connectivity index (χ1n) is 12.2. The first-order chi connectivity index (χ1) is 19.3. The summed E-state index contributed by atoms with van der Waals surface area (Å²) in [7, 11) is 0. The molecule has 4 aromatic carbocycles. The van der Waals surface area contributed by atoms with Gasteiger partial charge in [0, 0.05) is 27.8 Å². The molecular formula is C30H22F3N3O5. The quantitative estimate of drug-likeness (QED) is 0.114. The third-order valence-electron chi connectivity index (χ3n) is 6.54. The number of aromatic hydroxyl groups is 2. The molecule has 8 nitrogen and oxygen atoms in total. The highest BCUT2D eigenvalue weighted by Crippen LogP contribution is 2.45. The van der Waals surface area contributed by atoms with Crippen molar-refractivity contribution >= 4 is 28.2 Å². The van der Waals surface area contributed by atoms with Crippen molar-refractivity contribution in [2.45, 2.75) is 20.0 Å². The maximum Gasteiger partial charge on any atom is 0.416 e. The van der Waals surface area contributed by atoms with Crippen LogP contribution in [0.15, 0.2) is 84.0 Å². The summed E-state index contributed by atoms with van der Waals surface area (Å²) >= 11 is 0. The molecule has 0 saturated heterocycles. The van der Waals surface area contributed by atoms with Gasteiger partial charge in [0.05, 0.1) is 16.6 Å². The Morgan fingerprint density at radius 3 is 2.27 bits per heavy atom. The summed E-state index contributed by atoms with van der Waals surface area (Å²) in [5, 5.41) is 48.7. The molecule has 11 heteroatoms. The largest absolute Gasteiger partial charge is 0.594 e. The van der Waals surface area contributed by atoms with Crippen molar-refractivity contribution in [3.05, 3.63) is 106 Å². The number of hydrogen-bond acceptors (Lipinski definition) is 5. The molecule has 0 bridgehead atoms. The molecule has 41 heavy (non-hydrogen) atoms. The number of alkyl halides is 3. The van der Waals surface area contributed by atoms with Crippen LogP contribution in [0, 0.1) is 19.1 Å². The van der Waals surface area contributed by atoms with Crippen molar-refractivity contribution < 1.29 is 38.1 Å². The second-order valence-corrected chi connectivity index (χ2v) is 9.52. The van der Waals surface area contributed by atoms with E-state index in [1.54, 1.807) is 32.0 Å². The van der Waals surface area contributed by atoms with Crippen LogP contribution in [0.25, 0.3) is 27.7 Å². The molecule has 5 rings (SSSR count). The van der Waals surface area contributed by atoms with Crippen LogP contribution in [0.2, 0.25) is 0 Å². The highest BCUT2D eigenvalue weighted by atomic mass is 19.4. The van der Waals surface area contributed by atoms with E-state index in [1.807, 2.05) is 6.07 Å². The highest BCUT2D eigenvalue weighted by molar-refractivity contribution is 5.97. The van der Waals surface area contributed by atoms with Gasteiger partial charge >= 0.3 is 12.1 Å². The monoisotopic (exact) mass is 561 g/mol. The fraction of sp³-hybridized carbons (Fsp3) is 0.100. The van der Waals surface area contributed by atoms with E-state index in [0.29, 0.717) is 11.3 Å². The van der Waals surface area contributed by atoms with Crippen LogP contribution in [0.1, 0.15) is 27.0 Å². The van der Waals surface area contributed by atoms with Gasteiger partial charge in [-0.15, -0.1) is 0 Å². The molecule has 0 atom stereocenters. The molecule has 5 aromatic rings. The SMILES string of the molecule is Cc1cc(C)cc(-n2c(O)c(N=[N+]([O-])c3cccc(-c4cccc(C(=O)O)c4)c3O)c3ccc(C(F)(F)F)cc32)c1. The minimum absolute atomic E-state index is 0.0293. The molecule has 3 N–H and O–H groups in total. The summed E-state index contributed by atoms with van der Waals surface area (Å²) < 4.78 is 42.0. The predicted octanol–water partition coefficient (Wildman–Crippen LogP) is 7.97. The number of aromatic nitrogens is 1. The zero-order valence-corrected chi connectivity index (χ0v) is 21.6. The summed E-state index contributed by atoms with van der Waals surface area (Å²) in [5.74, 6) is -2.26. The molecule has 0 aliphatic rings. The van der Waals surface area contributed by atoms with Crippen LogP contribution >= 0.6 is 0 Å². The average Bonchev–Trinajstić information content (AvgIpc) is 3.18. The summed E-state index contributed by atoms with van der Waals surface area (Å²) in [6.45, 7) is 3.60. The van der Waals surface area contributed by atoms with E-state index in [2.05, 4.69) is 5.11 Å².